The molecule has 2 N–H and O–H groups in total. The van der Waals surface area contributed by atoms with E-state index < -0.39 is 0 Å². The molecule has 1 heterocycles. The Morgan fingerprint density at radius 3 is 2.83 bits per heavy atom. The molecule has 5 heteroatoms. The van der Waals surface area contributed by atoms with Gasteiger partial charge in [-0.2, -0.15) is 0 Å². The highest BCUT2D eigenvalue weighted by Crippen LogP contribution is 2.09. The molecular weight excluding hydrogens is 230 g/mol. The van der Waals surface area contributed by atoms with Crippen LogP contribution in [-0.4, -0.2) is 23.1 Å². The van der Waals surface area contributed by atoms with Crippen LogP contribution in [-0.2, 0) is 6.54 Å². The second-order valence-corrected chi connectivity index (χ2v) is 4.34. The maximum Gasteiger partial charge on any atom is 0.328 e. The van der Waals surface area contributed by atoms with Gasteiger partial charge >= 0.3 is 5.69 Å². The summed E-state index contributed by atoms with van der Waals surface area (Å²) in [5.74, 6) is 0. The van der Waals surface area contributed by atoms with Crippen molar-refractivity contribution >= 4 is 10.9 Å². The molecule has 0 saturated carbocycles. The number of fused-ring (bicyclic) bond motifs is 1. The summed E-state index contributed by atoms with van der Waals surface area (Å²) < 4.78 is 1.26. The lowest BCUT2D eigenvalue weighted by molar-refractivity contribution is 0.577. The van der Waals surface area contributed by atoms with Crippen molar-refractivity contribution < 1.29 is 0 Å². The lowest BCUT2D eigenvalue weighted by Gasteiger charge is -2.07. The third-order valence-corrected chi connectivity index (χ3v) is 3.03. The Balaban J connectivity index is 2.56. The fourth-order valence-electron chi connectivity index (χ4n) is 2.04. The Morgan fingerprint density at radius 1 is 1.33 bits per heavy atom. The lowest BCUT2D eigenvalue weighted by atomic mass is 10.1. The number of hydrogen-bond acceptors (Lipinski definition) is 3. The van der Waals surface area contributed by atoms with E-state index in [-0.39, 0.29) is 11.2 Å². The maximum absolute atomic E-state index is 12.2. The summed E-state index contributed by atoms with van der Waals surface area (Å²) in [6.45, 7) is 3.08. The van der Waals surface area contributed by atoms with E-state index in [9.17, 15) is 9.59 Å². The van der Waals surface area contributed by atoms with Gasteiger partial charge < -0.3 is 10.3 Å². The molecule has 0 amide bonds. The van der Waals surface area contributed by atoms with Gasteiger partial charge in [-0.05, 0) is 38.6 Å². The van der Waals surface area contributed by atoms with Gasteiger partial charge in [0.05, 0.1) is 10.9 Å². The number of aromatic amines is 1. The Labute approximate surface area is 104 Å². The number of H-pyrrole nitrogens is 1. The number of aryl methyl sites for hydroxylation is 1. The van der Waals surface area contributed by atoms with E-state index in [1.165, 1.54) is 4.57 Å². The van der Waals surface area contributed by atoms with Crippen LogP contribution in [0.5, 0.6) is 0 Å². The summed E-state index contributed by atoms with van der Waals surface area (Å²) in [6.07, 6.45) is 0.747. The minimum absolute atomic E-state index is 0.214. The number of hydrogen-bond donors (Lipinski definition) is 2. The standard InChI is InChI=1S/C13H17N3O2/c1-9-5-3-6-10-11(9)15-13(18)16(12(10)17)8-4-7-14-2/h3,5-6,14H,4,7-8H2,1-2H3,(H,15,18). The molecule has 0 atom stereocenters. The Hall–Kier alpha value is -1.88. The van der Waals surface area contributed by atoms with Crippen LogP contribution in [0.25, 0.3) is 10.9 Å². The molecule has 96 valence electrons. The SMILES string of the molecule is CNCCCn1c(=O)[nH]c2c(C)cccc2c1=O. The Kier molecular flexibility index (Phi) is 3.62. The van der Waals surface area contributed by atoms with E-state index in [0.717, 1.165) is 18.5 Å². The monoisotopic (exact) mass is 247 g/mol. The van der Waals surface area contributed by atoms with Gasteiger partial charge in [-0.15, -0.1) is 0 Å². The highest BCUT2D eigenvalue weighted by molar-refractivity contribution is 5.80. The summed E-state index contributed by atoms with van der Waals surface area (Å²) in [6, 6.07) is 5.45. The molecule has 0 aliphatic carbocycles. The summed E-state index contributed by atoms with van der Waals surface area (Å²) in [5, 5.41) is 3.56. The zero-order valence-electron chi connectivity index (χ0n) is 10.6. The number of nitrogens with zero attached hydrogens (tertiary/aromatic N) is 1. The molecule has 0 radical (unpaired) electrons. The first-order valence-corrected chi connectivity index (χ1v) is 6.02. The summed E-state index contributed by atoms with van der Waals surface area (Å²) in [4.78, 5) is 26.9. The van der Waals surface area contributed by atoms with Gasteiger partial charge in [-0.25, -0.2) is 4.79 Å². The molecule has 18 heavy (non-hydrogen) atoms. The van der Waals surface area contributed by atoms with E-state index in [2.05, 4.69) is 10.3 Å². The first-order chi connectivity index (χ1) is 8.65. The smallest absolute Gasteiger partial charge is 0.320 e. The van der Waals surface area contributed by atoms with Crippen LogP contribution in [0.4, 0.5) is 0 Å². The maximum atomic E-state index is 12.2. The van der Waals surface area contributed by atoms with E-state index in [4.69, 9.17) is 0 Å². The van der Waals surface area contributed by atoms with Crippen molar-refractivity contribution in [3.8, 4) is 0 Å². The average Bonchev–Trinajstić information content (AvgIpc) is 2.35. The van der Waals surface area contributed by atoms with Gasteiger partial charge in [0.2, 0.25) is 0 Å². The van der Waals surface area contributed by atoms with Crippen LogP contribution in [0.1, 0.15) is 12.0 Å². The van der Waals surface area contributed by atoms with Crippen LogP contribution in [0.2, 0.25) is 0 Å². The molecule has 1 aromatic heterocycles. The zero-order valence-corrected chi connectivity index (χ0v) is 10.6. The predicted octanol–water partition coefficient (Wildman–Crippen LogP) is 0.608. The molecule has 0 saturated heterocycles. The Bertz CT molecular complexity index is 670. The molecule has 0 fully saturated rings. The van der Waals surface area contributed by atoms with Gasteiger partial charge in [-0.3, -0.25) is 9.36 Å². The number of benzene rings is 1. The van der Waals surface area contributed by atoms with Crippen LogP contribution in [0, 0.1) is 6.92 Å². The van der Waals surface area contributed by atoms with Crippen molar-refractivity contribution in [3.05, 3.63) is 44.6 Å². The highest BCUT2D eigenvalue weighted by Gasteiger charge is 2.08. The second kappa shape index (κ2) is 5.18. The van der Waals surface area contributed by atoms with Gasteiger partial charge in [0, 0.05) is 6.54 Å². The number of rotatable bonds is 4. The molecule has 0 aliphatic heterocycles. The van der Waals surface area contributed by atoms with Crippen molar-refractivity contribution in [1.29, 1.82) is 0 Å². The van der Waals surface area contributed by atoms with Crippen molar-refractivity contribution in [1.82, 2.24) is 14.9 Å². The van der Waals surface area contributed by atoms with Crippen LogP contribution in [0.3, 0.4) is 0 Å². The molecule has 2 aromatic rings. The average molecular weight is 247 g/mol. The minimum atomic E-state index is -0.335. The van der Waals surface area contributed by atoms with Crippen LogP contribution < -0.4 is 16.6 Å². The number of aromatic nitrogens is 2. The predicted molar refractivity (Wildman–Crippen MR) is 72.1 cm³/mol. The third-order valence-electron chi connectivity index (χ3n) is 3.03. The highest BCUT2D eigenvalue weighted by atomic mass is 16.2. The topological polar surface area (TPSA) is 66.9 Å². The Morgan fingerprint density at radius 2 is 2.11 bits per heavy atom. The number of nitrogens with one attached hydrogen (secondary N) is 2. The van der Waals surface area contributed by atoms with E-state index in [0.29, 0.717) is 17.4 Å². The van der Waals surface area contributed by atoms with Gasteiger partial charge in [0.1, 0.15) is 0 Å². The normalized spacial score (nSPS) is 11.0. The van der Waals surface area contributed by atoms with Crippen LogP contribution >= 0.6 is 0 Å². The van der Waals surface area contributed by atoms with Crippen LogP contribution in [0.15, 0.2) is 27.8 Å². The molecule has 0 bridgehead atoms. The summed E-state index contributed by atoms with van der Waals surface area (Å²) in [7, 11) is 1.84. The first-order valence-electron chi connectivity index (χ1n) is 6.02. The fraction of sp³-hybridized carbons (Fsp3) is 0.385. The largest absolute Gasteiger partial charge is 0.328 e. The van der Waals surface area contributed by atoms with E-state index >= 15 is 0 Å². The zero-order chi connectivity index (χ0) is 13.1. The quantitative estimate of drug-likeness (QED) is 0.778. The summed E-state index contributed by atoms with van der Waals surface area (Å²) in [5.41, 5.74) is 0.993. The minimum Gasteiger partial charge on any atom is -0.320 e. The van der Waals surface area contributed by atoms with Gasteiger partial charge in [0.15, 0.2) is 0 Å². The van der Waals surface area contributed by atoms with Crippen molar-refractivity contribution in [2.24, 2.45) is 0 Å². The molecule has 0 aliphatic rings. The third kappa shape index (κ3) is 2.22. The molecular formula is C13H17N3O2. The van der Waals surface area contributed by atoms with Crippen molar-refractivity contribution in [2.45, 2.75) is 19.9 Å². The fourth-order valence-corrected chi connectivity index (χ4v) is 2.04. The van der Waals surface area contributed by atoms with E-state index in [1.54, 1.807) is 6.07 Å². The molecule has 0 spiro atoms. The molecule has 5 nitrogen and oxygen atoms in total. The first kappa shape index (κ1) is 12.6. The molecule has 1 aromatic carbocycles. The molecule has 0 unspecified atom stereocenters. The van der Waals surface area contributed by atoms with E-state index in [1.807, 2.05) is 26.1 Å². The lowest BCUT2D eigenvalue weighted by Crippen LogP contribution is -2.35. The van der Waals surface area contributed by atoms with Crippen molar-refractivity contribution in [3.63, 3.8) is 0 Å². The van der Waals surface area contributed by atoms with Gasteiger partial charge in [-0.1, -0.05) is 12.1 Å². The van der Waals surface area contributed by atoms with Crippen molar-refractivity contribution in [2.75, 3.05) is 13.6 Å². The number of para-hydroxylation sites is 1. The van der Waals surface area contributed by atoms with Gasteiger partial charge in [0.25, 0.3) is 5.56 Å². The molecule has 2 rings (SSSR count). The second-order valence-electron chi connectivity index (χ2n) is 4.34. The summed E-state index contributed by atoms with van der Waals surface area (Å²) >= 11 is 0.